The first-order valence-electron chi connectivity index (χ1n) is 7.56. The second-order valence-corrected chi connectivity index (χ2v) is 6.31. The van der Waals surface area contributed by atoms with Gasteiger partial charge in [0, 0.05) is 15.8 Å². The second-order valence-electron chi connectivity index (χ2n) is 5.88. The summed E-state index contributed by atoms with van der Waals surface area (Å²) in [5, 5.41) is 2.90. The molecule has 0 fully saturated rings. The number of fused-ring (bicyclic) bond motifs is 6. The monoisotopic (exact) mass is 334 g/mol. The molecule has 0 saturated carbocycles. The Hall–Kier alpha value is -2.85. The molecular weight excluding hydrogens is 324 g/mol. The minimum atomic E-state index is -0.170. The molecule has 0 aliphatic rings. The van der Waals surface area contributed by atoms with Gasteiger partial charge in [-0.25, -0.2) is 4.98 Å². The normalized spacial score (nSPS) is 11.9. The number of hydrogen-bond acceptors (Lipinski definition) is 3. The van der Waals surface area contributed by atoms with Gasteiger partial charge in [-0.3, -0.25) is 4.79 Å². The minimum absolute atomic E-state index is 0.170. The number of hydrogen-bond donors (Lipinski definition) is 1. The Morgan fingerprint density at radius 3 is 2.83 bits per heavy atom. The predicted octanol–water partition coefficient (Wildman–Crippen LogP) is 4.94. The summed E-state index contributed by atoms with van der Waals surface area (Å²) in [6, 6.07) is 13.1. The van der Waals surface area contributed by atoms with Crippen molar-refractivity contribution in [1.82, 2.24) is 9.97 Å². The van der Waals surface area contributed by atoms with Crippen LogP contribution in [0.1, 0.15) is 5.56 Å². The molecule has 1 N–H and O–H groups in total. The molecule has 5 heteroatoms. The first kappa shape index (κ1) is 13.6. The van der Waals surface area contributed by atoms with Crippen LogP contribution < -0.4 is 5.56 Å². The molecule has 0 unspecified atom stereocenters. The summed E-state index contributed by atoms with van der Waals surface area (Å²) in [6.07, 6.45) is 0. The smallest absolute Gasteiger partial charge is 0.258 e. The highest BCUT2D eigenvalue weighted by atomic mass is 35.5. The first-order chi connectivity index (χ1) is 11.6. The van der Waals surface area contributed by atoms with Gasteiger partial charge in [0.1, 0.15) is 11.1 Å². The molecular formula is C19H11ClN2O2. The Labute approximate surface area is 140 Å². The van der Waals surface area contributed by atoms with Crippen molar-refractivity contribution < 1.29 is 4.42 Å². The van der Waals surface area contributed by atoms with E-state index in [0.717, 1.165) is 21.9 Å². The molecule has 0 atom stereocenters. The predicted molar refractivity (Wildman–Crippen MR) is 96.9 cm³/mol. The highest BCUT2D eigenvalue weighted by Crippen LogP contribution is 2.33. The number of aromatic amines is 1. The van der Waals surface area contributed by atoms with Gasteiger partial charge in [-0.05, 0) is 36.8 Å². The van der Waals surface area contributed by atoms with Crippen molar-refractivity contribution in [2.24, 2.45) is 0 Å². The van der Waals surface area contributed by atoms with Crippen LogP contribution >= 0.6 is 11.6 Å². The Morgan fingerprint density at radius 1 is 1.12 bits per heavy atom. The van der Waals surface area contributed by atoms with Crippen LogP contribution in [0.25, 0.3) is 43.9 Å². The number of halogens is 1. The summed E-state index contributed by atoms with van der Waals surface area (Å²) in [6.45, 7) is 1.94. The van der Waals surface area contributed by atoms with E-state index in [1.165, 1.54) is 0 Å². The van der Waals surface area contributed by atoms with Gasteiger partial charge in [-0.1, -0.05) is 29.8 Å². The highest BCUT2D eigenvalue weighted by Gasteiger charge is 2.17. The van der Waals surface area contributed by atoms with Crippen LogP contribution in [0.2, 0.25) is 5.02 Å². The molecule has 3 aromatic heterocycles. The van der Waals surface area contributed by atoms with Gasteiger partial charge in [-0.2, -0.15) is 0 Å². The number of furan rings is 1. The fraction of sp³-hybridized carbons (Fsp3) is 0.0526. The number of nitrogens with zero attached hydrogens (tertiary/aromatic N) is 1. The second kappa shape index (κ2) is 4.58. The van der Waals surface area contributed by atoms with Gasteiger partial charge in [0.25, 0.3) is 5.56 Å². The van der Waals surface area contributed by atoms with E-state index in [0.29, 0.717) is 32.6 Å². The third-order valence-corrected chi connectivity index (χ3v) is 4.72. The number of para-hydroxylation sites is 1. The molecule has 2 aromatic carbocycles. The number of nitrogens with one attached hydrogen (secondary N) is 1. The fourth-order valence-electron chi connectivity index (χ4n) is 3.36. The fourth-order valence-corrected chi connectivity index (χ4v) is 3.53. The summed E-state index contributed by atoms with van der Waals surface area (Å²) in [7, 11) is 0. The van der Waals surface area contributed by atoms with E-state index >= 15 is 0 Å². The lowest BCUT2D eigenvalue weighted by molar-refractivity contribution is 0.671. The van der Waals surface area contributed by atoms with Crippen LogP contribution in [0.3, 0.4) is 0 Å². The van der Waals surface area contributed by atoms with Gasteiger partial charge >= 0.3 is 0 Å². The Bertz CT molecular complexity index is 1350. The zero-order chi connectivity index (χ0) is 16.4. The third kappa shape index (κ3) is 1.69. The van der Waals surface area contributed by atoms with Crippen molar-refractivity contribution in [3.05, 3.63) is 63.4 Å². The van der Waals surface area contributed by atoms with Crippen LogP contribution in [-0.4, -0.2) is 9.97 Å². The molecule has 24 heavy (non-hydrogen) atoms. The largest absolute Gasteiger partial charge is 0.452 e. The molecule has 0 radical (unpaired) electrons. The summed E-state index contributed by atoms with van der Waals surface area (Å²) < 4.78 is 5.99. The summed E-state index contributed by atoms with van der Waals surface area (Å²) in [5.74, 6) is 0. The van der Waals surface area contributed by atoms with E-state index in [1.54, 1.807) is 18.2 Å². The Morgan fingerprint density at radius 2 is 1.96 bits per heavy atom. The molecule has 0 amide bonds. The van der Waals surface area contributed by atoms with E-state index in [2.05, 4.69) is 4.98 Å². The maximum atomic E-state index is 12.7. The molecule has 116 valence electrons. The van der Waals surface area contributed by atoms with E-state index in [-0.39, 0.29) is 5.56 Å². The van der Waals surface area contributed by atoms with Gasteiger partial charge in [0.2, 0.25) is 0 Å². The number of pyridine rings is 2. The number of rotatable bonds is 0. The molecule has 5 aromatic rings. The van der Waals surface area contributed by atoms with Crippen molar-refractivity contribution in [1.29, 1.82) is 0 Å². The minimum Gasteiger partial charge on any atom is -0.452 e. The van der Waals surface area contributed by atoms with Crippen molar-refractivity contribution >= 4 is 55.5 Å². The Balaban J connectivity index is 2.11. The topological polar surface area (TPSA) is 58.9 Å². The average Bonchev–Trinajstić information content (AvgIpc) is 2.93. The Kier molecular flexibility index (Phi) is 2.59. The lowest BCUT2D eigenvalue weighted by Gasteiger charge is -2.06. The van der Waals surface area contributed by atoms with Crippen LogP contribution in [0, 0.1) is 6.92 Å². The lowest BCUT2D eigenvalue weighted by atomic mass is 10.0. The summed E-state index contributed by atoms with van der Waals surface area (Å²) in [5.41, 5.74) is 4.03. The van der Waals surface area contributed by atoms with Crippen molar-refractivity contribution in [3.63, 3.8) is 0 Å². The van der Waals surface area contributed by atoms with Crippen LogP contribution in [0.5, 0.6) is 0 Å². The van der Waals surface area contributed by atoms with Crippen molar-refractivity contribution in [2.75, 3.05) is 0 Å². The van der Waals surface area contributed by atoms with Gasteiger partial charge in [0.15, 0.2) is 5.58 Å². The molecule has 0 spiro atoms. The van der Waals surface area contributed by atoms with Gasteiger partial charge in [-0.15, -0.1) is 0 Å². The van der Waals surface area contributed by atoms with E-state index in [1.807, 2.05) is 31.2 Å². The third-order valence-electron chi connectivity index (χ3n) is 4.48. The number of aryl methyl sites for hydroxylation is 1. The van der Waals surface area contributed by atoms with E-state index in [9.17, 15) is 4.79 Å². The maximum absolute atomic E-state index is 12.7. The number of benzene rings is 2. The van der Waals surface area contributed by atoms with Crippen molar-refractivity contribution in [2.45, 2.75) is 6.92 Å². The zero-order valence-electron chi connectivity index (χ0n) is 12.7. The number of aromatic nitrogens is 2. The zero-order valence-corrected chi connectivity index (χ0v) is 13.4. The first-order valence-corrected chi connectivity index (χ1v) is 7.94. The molecule has 0 aliphatic heterocycles. The summed E-state index contributed by atoms with van der Waals surface area (Å²) >= 11 is 6.09. The van der Waals surface area contributed by atoms with Crippen LogP contribution in [-0.2, 0) is 0 Å². The van der Waals surface area contributed by atoms with E-state index < -0.39 is 0 Å². The quantitative estimate of drug-likeness (QED) is 0.408. The van der Waals surface area contributed by atoms with Gasteiger partial charge in [0.05, 0.1) is 16.4 Å². The molecule has 0 bridgehead atoms. The van der Waals surface area contributed by atoms with Gasteiger partial charge < -0.3 is 9.40 Å². The number of H-pyrrole nitrogens is 1. The van der Waals surface area contributed by atoms with E-state index in [4.69, 9.17) is 21.0 Å². The average molecular weight is 335 g/mol. The highest BCUT2D eigenvalue weighted by molar-refractivity contribution is 6.31. The lowest BCUT2D eigenvalue weighted by Crippen LogP contribution is -2.08. The molecule has 4 nitrogen and oxygen atoms in total. The van der Waals surface area contributed by atoms with Crippen LogP contribution in [0.15, 0.2) is 51.7 Å². The summed E-state index contributed by atoms with van der Waals surface area (Å²) in [4.78, 5) is 20.4. The standard InChI is InChI=1S/C19H11ClN2O2/c1-9-11-4-2-3-5-13(11)21-17-15(9)19(23)22-16-12-8-10(20)6-7-14(12)24-18(16)17/h2-8H,1H3,(H,22,23). The molecule has 5 rings (SSSR count). The molecule has 0 aliphatic carbocycles. The van der Waals surface area contributed by atoms with Crippen LogP contribution in [0.4, 0.5) is 0 Å². The molecule has 0 saturated heterocycles. The van der Waals surface area contributed by atoms with Crippen molar-refractivity contribution in [3.8, 4) is 0 Å². The SMILES string of the molecule is Cc1c2ccccc2nc2c1c(=O)[nH]c1c3cc(Cl)ccc3oc21. The maximum Gasteiger partial charge on any atom is 0.258 e. The molecule has 3 heterocycles.